The molecule has 3 aromatic rings. The van der Waals surface area contributed by atoms with E-state index in [0.717, 1.165) is 10.4 Å². The first-order chi connectivity index (χ1) is 10.1. The minimum absolute atomic E-state index is 0.137. The molecule has 0 atom stereocenters. The van der Waals surface area contributed by atoms with Crippen LogP contribution in [0.25, 0.3) is 10.2 Å². The summed E-state index contributed by atoms with van der Waals surface area (Å²) in [7, 11) is 0. The molecular weight excluding hydrogens is 306 g/mol. The average Bonchev–Trinajstić information content (AvgIpc) is 2.84. The van der Waals surface area contributed by atoms with Gasteiger partial charge in [-0.3, -0.25) is 9.36 Å². The van der Waals surface area contributed by atoms with Gasteiger partial charge in [-0.25, -0.2) is 4.98 Å². The maximum absolute atomic E-state index is 12.5. The number of hydrogen-bond donors (Lipinski definition) is 0. The second-order valence-electron chi connectivity index (χ2n) is 4.61. The highest BCUT2D eigenvalue weighted by Crippen LogP contribution is 2.22. The Morgan fingerprint density at radius 1 is 1.43 bits per heavy atom. The van der Waals surface area contributed by atoms with E-state index in [1.165, 1.54) is 15.9 Å². The predicted octanol–water partition coefficient (Wildman–Crippen LogP) is 3.34. The van der Waals surface area contributed by atoms with Crippen molar-refractivity contribution in [1.82, 2.24) is 9.55 Å². The number of aromatic nitrogens is 2. The molecule has 6 heteroatoms. The van der Waals surface area contributed by atoms with Crippen LogP contribution in [-0.4, -0.2) is 9.55 Å². The fraction of sp³-hybridized carbons (Fsp3) is 0.133. The quantitative estimate of drug-likeness (QED) is 0.681. The summed E-state index contributed by atoms with van der Waals surface area (Å²) in [6.07, 6.45) is 0. The highest BCUT2D eigenvalue weighted by atomic mass is 35.5. The average molecular weight is 316 g/mol. The van der Waals surface area contributed by atoms with Crippen LogP contribution in [0.15, 0.2) is 35.1 Å². The van der Waals surface area contributed by atoms with E-state index in [4.69, 9.17) is 16.9 Å². The van der Waals surface area contributed by atoms with E-state index < -0.39 is 0 Å². The van der Waals surface area contributed by atoms with Crippen LogP contribution < -0.4 is 5.56 Å². The summed E-state index contributed by atoms with van der Waals surface area (Å²) in [5.74, 6) is 0. The molecule has 0 unspecified atom stereocenters. The number of nitriles is 1. The summed E-state index contributed by atoms with van der Waals surface area (Å²) in [6, 6.07) is 11.1. The van der Waals surface area contributed by atoms with Gasteiger partial charge in [-0.15, -0.1) is 11.3 Å². The molecule has 4 nitrogen and oxygen atoms in total. The van der Waals surface area contributed by atoms with Crippen molar-refractivity contribution >= 4 is 33.2 Å². The van der Waals surface area contributed by atoms with Crippen molar-refractivity contribution in [2.45, 2.75) is 13.5 Å². The molecule has 0 saturated heterocycles. The van der Waals surface area contributed by atoms with Gasteiger partial charge in [0.1, 0.15) is 4.70 Å². The second-order valence-corrected chi connectivity index (χ2v) is 6.21. The van der Waals surface area contributed by atoms with Crippen molar-refractivity contribution < 1.29 is 0 Å². The standard InChI is InChI=1S/C15H10ClN3OS/c1-9-6-12-13(21-9)14(20)19(15(16)18-12)8-11-5-3-2-4-10(11)7-17/h2-6H,8H2,1H3. The molecule has 0 bridgehead atoms. The Labute approximate surface area is 129 Å². The number of nitrogens with zero attached hydrogens (tertiary/aromatic N) is 3. The molecule has 0 amide bonds. The SMILES string of the molecule is Cc1cc2nc(Cl)n(Cc3ccccc3C#N)c(=O)c2s1. The summed E-state index contributed by atoms with van der Waals surface area (Å²) in [4.78, 5) is 17.8. The van der Waals surface area contributed by atoms with Crippen molar-refractivity contribution in [3.05, 3.63) is 62.0 Å². The van der Waals surface area contributed by atoms with E-state index in [0.29, 0.717) is 15.8 Å². The number of aryl methyl sites for hydroxylation is 1. The van der Waals surface area contributed by atoms with Crippen molar-refractivity contribution in [3.8, 4) is 6.07 Å². The number of hydrogen-bond acceptors (Lipinski definition) is 4. The van der Waals surface area contributed by atoms with Crippen LogP contribution in [0.4, 0.5) is 0 Å². The van der Waals surface area contributed by atoms with Gasteiger partial charge in [-0.1, -0.05) is 18.2 Å². The van der Waals surface area contributed by atoms with E-state index >= 15 is 0 Å². The summed E-state index contributed by atoms with van der Waals surface area (Å²) in [6.45, 7) is 2.16. The minimum atomic E-state index is -0.171. The molecule has 3 rings (SSSR count). The van der Waals surface area contributed by atoms with Gasteiger partial charge in [0.2, 0.25) is 5.28 Å². The number of rotatable bonds is 2. The molecule has 0 N–H and O–H groups in total. The number of thiophene rings is 1. The highest BCUT2D eigenvalue weighted by Gasteiger charge is 2.13. The lowest BCUT2D eigenvalue weighted by Gasteiger charge is -2.09. The van der Waals surface area contributed by atoms with Gasteiger partial charge in [-0.05, 0) is 36.2 Å². The van der Waals surface area contributed by atoms with Gasteiger partial charge in [0.15, 0.2) is 0 Å². The number of halogens is 1. The Hall–Kier alpha value is -2.16. The Kier molecular flexibility index (Phi) is 3.50. The monoisotopic (exact) mass is 315 g/mol. The zero-order chi connectivity index (χ0) is 15.0. The predicted molar refractivity (Wildman–Crippen MR) is 83.9 cm³/mol. The summed E-state index contributed by atoms with van der Waals surface area (Å²) in [5, 5.41) is 9.26. The third kappa shape index (κ3) is 2.44. The van der Waals surface area contributed by atoms with Crippen molar-refractivity contribution in [2.75, 3.05) is 0 Å². The van der Waals surface area contributed by atoms with Crippen LogP contribution in [0.3, 0.4) is 0 Å². The van der Waals surface area contributed by atoms with Gasteiger partial charge in [0.25, 0.3) is 5.56 Å². The maximum Gasteiger partial charge on any atom is 0.272 e. The van der Waals surface area contributed by atoms with Crippen LogP contribution in [-0.2, 0) is 6.54 Å². The Bertz CT molecular complexity index is 936. The molecule has 0 fully saturated rings. The van der Waals surface area contributed by atoms with Crippen molar-refractivity contribution in [3.63, 3.8) is 0 Å². The van der Waals surface area contributed by atoms with E-state index in [-0.39, 0.29) is 17.4 Å². The number of benzene rings is 1. The normalized spacial score (nSPS) is 10.7. The van der Waals surface area contributed by atoms with Crippen molar-refractivity contribution in [2.24, 2.45) is 0 Å². The van der Waals surface area contributed by atoms with Gasteiger partial charge in [-0.2, -0.15) is 5.26 Å². The highest BCUT2D eigenvalue weighted by molar-refractivity contribution is 7.18. The fourth-order valence-corrected chi connectivity index (χ4v) is 3.30. The van der Waals surface area contributed by atoms with Crippen LogP contribution in [0.1, 0.15) is 16.0 Å². The Morgan fingerprint density at radius 3 is 2.95 bits per heavy atom. The summed E-state index contributed by atoms with van der Waals surface area (Å²) < 4.78 is 1.99. The molecule has 2 aromatic heterocycles. The van der Waals surface area contributed by atoms with E-state index in [1.807, 2.05) is 25.1 Å². The van der Waals surface area contributed by atoms with E-state index in [1.54, 1.807) is 12.1 Å². The van der Waals surface area contributed by atoms with Crippen molar-refractivity contribution in [1.29, 1.82) is 5.26 Å². The first kappa shape index (κ1) is 13.8. The molecule has 0 aliphatic heterocycles. The van der Waals surface area contributed by atoms with Crippen LogP contribution in [0.5, 0.6) is 0 Å². The molecular formula is C15H10ClN3OS. The van der Waals surface area contributed by atoms with Gasteiger partial charge in [0.05, 0.1) is 23.7 Å². The summed E-state index contributed by atoms with van der Waals surface area (Å²) >= 11 is 7.54. The number of fused-ring (bicyclic) bond motifs is 1. The topological polar surface area (TPSA) is 58.7 Å². The molecule has 2 heterocycles. The second kappa shape index (κ2) is 5.32. The smallest absolute Gasteiger partial charge is 0.272 e. The fourth-order valence-electron chi connectivity index (χ4n) is 2.18. The molecule has 0 aliphatic rings. The molecule has 0 aliphatic carbocycles. The van der Waals surface area contributed by atoms with E-state index in [2.05, 4.69) is 11.1 Å². The molecule has 0 spiro atoms. The van der Waals surface area contributed by atoms with Crippen LogP contribution >= 0.6 is 22.9 Å². The minimum Gasteiger partial charge on any atom is -0.278 e. The lowest BCUT2D eigenvalue weighted by molar-refractivity contribution is 0.749. The zero-order valence-electron chi connectivity index (χ0n) is 11.1. The molecule has 0 radical (unpaired) electrons. The third-order valence-electron chi connectivity index (χ3n) is 3.18. The zero-order valence-corrected chi connectivity index (χ0v) is 12.7. The van der Waals surface area contributed by atoms with Crippen LogP contribution in [0.2, 0.25) is 5.28 Å². The molecule has 104 valence electrons. The Morgan fingerprint density at radius 2 is 2.19 bits per heavy atom. The van der Waals surface area contributed by atoms with Crippen LogP contribution in [0, 0.1) is 18.3 Å². The largest absolute Gasteiger partial charge is 0.278 e. The molecule has 0 saturated carbocycles. The first-order valence-electron chi connectivity index (χ1n) is 6.24. The van der Waals surface area contributed by atoms with Gasteiger partial charge < -0.3 is 0 Å². The Balaban J connectivity index is 2.17. The lowest BCUT2D eigenvalue weighted by atomic mass is 10.1. The molecule has 21 heavy (non-hydrogen) atoms. The van der Waals surface area contributed by atoms with Gasteiger partial charge >= 0.3 is 0 Å². The lowest BCUT2D eigenvalue weighted by Crippen LogP contribution is -2.22. The third-order valence-corrected chi connectivity index (χ3v) is 4.49. The van der Waals surface area contributed by atoms with Gasteiger partial charge in [0, 0.05) is 4.88 Å². The molecule has 1 aromatic carbocycles. The maximum atomic E-state index is 12.5. The first-order valence-corrected chi connectivity index (χ1v) is 7.44. The van der Waals surface area contributed by atoms with E-state index in [9.17, 15) is 4.79 Å². The summed E-state index contributed by atoms with van der Waals surface area (Å²) in [5.41, 5.74) is 1.73.